The Balaban J connectivity index is 1.75. The summed E-state index contributed by atoms with van der Waals surface area (Å²) in [4.78, 5) is 18.4. The number of halogens is 1. The minimum absolute atomic E-state index is 0.148. The minimum atomic E-state index is -3.82. The van der Waals surface area contributed by atoms with Crippen molar-refractivity contribution in [3.63, 3.8) is 0 Å². The monoisotopic (exact) mass is 527 g/mol. The number of hydrogen-bond donors (Lipinski definition) is 0. The number of amides is 1. The van der Waals surface area contributed by atoms with Crippen molar-refractivity contribution in [2.24, 2.45) is 4.99 Å². The van der Waals surface area contributed by atoms with Gasteiger partial charge in [-0.1, -0.05) is 29.4 Å². The molecule has 2 aromatic heterocycles. The van der Waals surface area contributed by atoms with Crippen LogP contribution in [0.2, 0.25) is 4.34 Å². The molecule has 3 aromatic rings. The molecule has 1 unspecified atom stereocenters. The second-order valence-electron chi connectivity index (χ2n) is 8.07. The van der Waals surface area contributed by atoms with Crippen LogP contribution in [0.5, 0.6) is 0 Å². The third kappa shape index (κ3) is 4.96. The third-order valence-electron chi connectivity index (χ3n) is 5.87. The first-order valence-corrected chi connectivity index (χ1v) is 14.1. The number of aryl methyl sites for hydroxylation is 2. The predicted octanol–water partition coefficient (Wildman–Crippen LogP) is 4.35. The van der Waals surface area contributed by atoms with E-state index in [4.69, 9.17) is 16.3 Å². The van der Waals surface area contributed by atoms with Gasteiger partial charge in [0.05, 0.1) is 21.2 Å². The van der Waals surface area contributed by atoms with Crippen molar-refractivity contribution < 1.29 is 17.9 Å². The molecule has 7 nitrogen and oxygen atoms in total. The van der Waals surface area contributed by atoms with Gasteiger partial charge in [0.25, 0.3) is 15.9 Å². The van der Waals surface area contributed by atoms with Gasteiger partial charge >= 0.3 is 0 Å². The van der Waals surface area contributed by atoms with Crippen LogP contribution in [-0.2, 0) is 26.1 Å². The van der Waals surface area contributed by atoms with Gasteiger partial charge in [0.1, 0.15) is 10.3 Å². The van der Waals surface area contributed by atoms with Crippen LogP contribution in [0.15, 0.2) is 33.5 Å². The Hall–Kier alpha value is -1.56. The zero-order chi connectivity index (χ0) is 23.8. The Bertz CT molecular complexity index is 1360. The molecule has 3 heterocycles. The van der Waals surface area contributed by atoms with Gasteiger partial charge in [0.15, 0.2) is 4.80 Å². The van der Waals surface area contributed by atoms with Crippen molar-refractivity contribution in [1.82, 2.24) is 8.87 Å². The first kappa shape index (κ1) is 24.6. The number of piperidine rings is 1. The Morgan fingerprint density at radius 3 is 2.67 bits per heavy atom. The highest BCUT2D eigenvalue weighted by atomic mass is 35.5. The summed E-state index contributed by atoms with van der Waals surface area (Å²) >= 11 is 8.41. The molecule has 0 bridgehead atoms. The lowest BCUT2D eigenvalue weighted by Gasteiger charge is -2.31. The first-order chi connectivity index (χ1) is 15.7. The largest absolute Gasteiger partial charge is 0.383 e. The smallest absolute Gasteiger partial charge is 0.266 e. The van der Waals surface area contributed by atoms with E-state index in [9.17, 15) is 13.2 Å². The molecule has 0 radical (unpaired) electrons. The molecule has 1 fully saturated rings. The zero-order valence-electron chi connectivity index (χ0n) is 18.7. The Morgan fingerprint density at radius 1 is 1.21 bits per heavy atom. The summed E-state index contributed by atoms with van der Waals surface area (Å²) in [6, 6.07) is 6.42. The number of carbonyl (C=O) groups is 1. The van der Waals surface area contributed by atoms with Crippen molar-refractivity contribution in [2.45, 2.75) is 49.9 Å². The van der Waals surface area contributed by atoms with Crippen molar-refractivity contribution in [3.05, 3.63) is 44.5 Å². The summed E-state index contributed by atoms with van der Waals surface area (Å²) in [5.41, 5.74) is 3.32. The van der Waals surface area contributed by atoms with Gasteiger partial charge in [0.2, 0.25) is 0 Å². The molecule has 33 heavy (non-hydrogen) atoms. The van der Waals surface area contributed by atoms with Crippen molar-refractivity contribution in [1.29, 1.82) is 0 Å². The number of thiazole rings is 1. The molecule has 1 amide bonds. The van der Waals surface area contributed by atoms with Crippen molar-refractivity contribution >= 4 is 60.4 Å². The van der Waals surface area contributed by atoms with Crippen molar-refractivity contribution in [3.8, 4) is 0 Å². The van der Waals surface area contributed by atoms with Gasteiger partial charge in [-0.25, -0.2) is 8.42 Å². The standard InChI is InChI=1S/C22H26ClN3O4S3/c1-14-12-17-18(13-15(14)2)31-22(25(17)10-11-30-3)24-21(27)16-6-4-5-9-26(16)33(28,29)20-8-7-19(23)32-20/h7-8,12-13,16H,4-6,9-11H2,1-3H3. The quantitative estimate of drug-likeness (QED) is 0.477. The van der Waals surface area contributed by atoms with Crippen LogP contribution in [0.4, 0.5) is 0 Å². The fourth-order valence-corrected chi connectivity index (χ4v) is 8.37. The highest BCUT2D eigenvalue weighted by molar-refractivity contribution is 7.91. The number of thiophene rings is 1. The van der Waals surface area contributed by atoms with Crippen LogP contribution in [0, 0.1) is 13.8 Å². The Labute approximate surface area is 206 Å². The summed E-state index contributed by atoms with van der Waals surface area (Å²) in [6.45, 7) is 5.42. The van der Waals surface area contributed by atoms with Gasteiger partial charge < -0.3 is 9.30 Å². The topological polar surface area (TPSA) is 81.0 Å². The fraction of sp³-hybridized carbons (Fsp3) is 0.455. The molecule has 0 aliphatic carbocycles. The summed E-state index contributed by atoms with van der Waals surface area (Å²) in [6.07, 6.45) is 1.93. The number of methoxy groups -OCH3 is 1. The van der Waals surface area contributed by atoms with E-state index in [0.717, 1.165) is 33.5 Å². The molecule has 0 N–H and O–H groups in total. The second kappa shape index (κ2) is 9.97. The summed E-state index contributed by atoms with van der Waals surface area (Å²) in [7, 11) is -2.19. The molecule has 1 aliphatic rings. The van der Waals surface area contributed by atoms with E-state index in [1.165, 1.54) is 27.3 Å². The van der Waals surface area contributed by atoms with E-state index in [1.807, 2.05) is 4.57 Å². The molecular weight excluding hydrogens is 502 g/mol. The molecule has 1 saturated heterocycles. The SMILES string of the molecule is COCCn1c(=NC(=O)C2CCCCN2S(=O)(=O)c2ccc(Cl)s2)sc2cc(C)c(C)cc21. The number of rotatable bonds is 6. The molecule has 0 spiro atoms. The molecule has 1 aliphatic heterocycles. The molecule has 1 atom stereocenters. The zero-order valence-corrected chi connectivity index (χ0v) is 21.9. The molecule has 178 valence electrons. The van der Waals surface area contributed by atoms with E-state index in [-0.39, 0.29) is 10.8 Å². The van der Waals surface area contributed by atoms with Crippen LogP contribution in [0.25, 0.3) is 10.2 Å². The Kier molecular flexibility index (Phi) is 7.42. The average Bonchev–Trinajstić information content (AvgIpc) is 3.36. The van der Waals surface area contributed by atoms with E-state index in [1.54, 1.807) is 13.2 Å². The maximum Gasteiger partial charge on any atom is 0.266 e. The van der Waals surface area contributed by atoms with Gasteiger partial charge in [-0.2, -0.15) is 9.30 Å². The minimum Gasteiger partial charge on any atom is -0.383 e. The van der Waals surface area contributed by atoms with Crippen LogP contribution in [0.1, 0.15) is 30.4 Å². The Morgan fingerprint density at radius 2 is 1.97 bits per heavy atom. The third-order valence-corrected chi connectivity index (χ3v) is 10.5. The number of aromatic nitrogens is 1. The average molecular weight is 528 g/mol. The van der Waals surface area contributed by atoms with Gasteiger partial charge in [-0.15, -0.1) is 11.3 Å². The summed E-state index contributed by atoms with van der Waals surface area (Å²) in [5.74, 6) is -0.438. The molecule has 11 heteroatoms. The van der Waals surface area contributed by atoms with Crippen LogP contribution in [-0.4, -0.2) is 49.5 Å². The highest BCUT2D eigenvalue weighted by Gasteiger charge is 2.38. The van der Waals surface area contributed by atoms with E-state index >= 15 is 0 Å². The lowest BCUT2D eigenvalue weighted by atomic mass is 10.0. The number of sulfonamides is 1. The lowest BCUT2D eigenvalue weighted by molar-refractivity contribution is -0.122. The number of benzene rings is 1. The number of fused-ring (bicyclic) bond motifs is 1. The summed E-state index contributed by atoms with van der Waals surface area (Å²) < 4.78 is 36.6. The van der Waals surface area contributed by atoms with E-state index in [2.05, 4.69) is 31.0 Å². The number of nitrogens with zero attached hydrogens (tertiary/aromatic N) is 3. The number of carbonyl (C=O) groups excluding carboxylic acids is 1. The maximum atomic E-state index is 13.4. The van der Waals surface area contributed by atoms with Gasteiger partial charge in [-0.3, -0.25) is 4.79 Å². The van der Waals surface area contributed by atoms with Crippen molar-refractivity contribution in [2.75, 3.05) is 20.3 Å². The molecule has 0 saturated carbocycles. The number of hydrogen-bond acceptors (Lipinski definition) is 6. The van der Waals surface area contributed by atoms with E-state index < -0.39 is 22.0 Å². The normalized spacial score (nSPS) is 18.3. The molecule has 4 rings (SSSR count). The summed E-state index contributed by atoms with van der Waals surface area (Å²) in [5, 5.41) is 0. The van der Waals surface area contributed by atoms with Gasteiger partial charge in [-0.05, 0) is 62.1 Å². The second-order valence-corrected chi connectivity index (χ2v) is 12.9. The van der Waals surface area contributed by atoms with E-state index in [0.29, 0.717) is 35.1 Å². The maximum absolute atomic E-state index is 13.4. The van der Waals surface area contributed by atoms with Gasteiger partial charge in [0, 0.05) is 20.2 Å². The predicted molar refractivity (Wildman–Crippen MR) is 133 cm³/mol. The fourth-order valence-electron chi connectivity index (χ4n) is 3.97. The van der Waals surface area contributed by atoms with Crippen LogP contribution < -0.4 is 4.80 Å². The number of ether oxygens (including phenoxy) is 1. The van der Waals surface area contributed by atoms with Crippen LogP contribution >= 0.6 is 34.3 Å². The molecule has 1 aromatic carbocycles. The van der Waals surface area contributed by atoms with Crippen LogP contribution in [0.3, 0.4) is 0 Å². The first-order valence-electron chi connectivity index (χ1n) is 10.7. The highest BCUT2D eigenvalue weighted by Crippen LogP contribution is 2.32. The lowest BCUT2D eigenvalue weighted by Crippen LogP contribution is -2.47. The molecular formula is C22H26ClN3O4S3.